The van der Waals surface area contributed by atoms with Crippen LogP contribution in [0.3, 0.4) is 0 Å². The number of para-hydroxylation sites is 1. The van der Waals surface area contributed by atoms with E-state index in [-0.39, 0.29) is 4.90 Å². The highest BCUT2D eigenvalue weighted by Gasteiger charge is 2.26. The summed E-state index contributed by atoms with van der Waals surface area (Å²) in [5.41, 5.74) is 1.24. The molecule has 0 aliphatic rings. The zero-order chi connectivity index (χ0) is 18.7. The molecule has 0 aliphatic heterocycles. The smallest absolute Gasteiger partial charge is 0.235 e. The topological polar surface area (TPSA) is 37.4 Å². The van der Waals surface area contributed by atoms with Gasteiger partial charge in [-0.05, 0) is 43.7 Å². The molecule has 0 fully saturated rings. The maximum atomic E-state index is 13.1. The van der Waals surface area contributed by atoms with Crippen molar-refractivity contribution in [3.05, 3.63) is 84.6 Å². The summed E-state index contributed by atoms with van der Waals surface area (Å²) in [5.74, 6) is 0. The lowest BCUT2D eigenvalue weighted by atomic mass is 10.2. The highest BCUT2D eigenvalue weighted by Crippen LogP contribution is 2.28. The van der Waals surface area contributed by atoms with Gasteiger partial charge in [0, 0.05) is 0 Å². The van der Waals surface area contributed by atoms with Gasteiger partial charge in [0.25, 0.3) is 10.0 Å². The van der Waals surface area contributed by atoms with Crippen molar-refractivity contribution in [2.75, 3.05) is 4.31 Å². The molecule has 0 N–H and O–H groups in total. The van der Waals surface area contributed by atoms with Crippen LogP contribution in [0.15, 0.2) is 89.5 Å². The second-order valence-corrected chi connectivity index (χ2v) is 6.73. The van der Waals surface area contributed by atoms with E-state index in [4.69, 9.17) is 0 Å². The Bertz CT molecular complexity index is 820. The fourth-order valence-electron chi connectivity index (χ4n) is 2.21. The number of hydrogen-bond acceptors (Lipinski definition) is 2. The number of allylic oxidation sites excluding steroid dienone is 3. The number of benzene rings is 2. The average Bonchev–Trinajstić information content (AvgIpc) is 2.68. The first-order valence-corrected chi connectivity index (χ1v) is 9.37. The van der Waals surface area contributed by atoms with Crippen LogP contribution in [0.25, 0.3) is 0 Å². The van der Waals surface area contributed by atoms with Crippen molar-refractivity contribution in [1.82, 2.24) is 0 Å². The van der Waals surface area contributed by atoms with Gasteiger partial charge in [-0.25, -0.2) is 12.7 Å². The molecule has 0 heterocycles. The highest BCUT2D eigenvalue weighted by molar-refractivity contribution is 7.93. The van der Waals surface area contributed by atoms with Crippen LogP contribution in [0.2, 0.25) is 0 Å². The quantitative estimate of drug-likeness (QED) is 0.541. The molecule has 0 aromatic heterocycles. The second-order valence-electron chi connectivity index (χ2n) is 4.94. The predicted octanol–water partition coefficient (Wildman–Crippen LogP) is 5.00. The third kappa shape index (κ3) is 5.10. The van der Waals surface area contributed by atoms with Crippen molar-refractivity contribution >= 4 is 15.7 Å². The third-order valence-electron chi connectivity index (χ3n) is 3.33. The van der Waals surface area contributed by atoms with Crippen LogP contribution in [0, 0.1) is 12.8 Å². The minimum atomic E-state index is -3.68. The van der Waals surface area contributed by atoms with Crippen molar-refractivity contribution in [1.29, 1.82) is 0 Å². The lowest BCUT2D eigenvalue weighted by Crippen LogP contribution is -2.29. The standard InChI is InChI=1S/C19H21NO2S.C2H2/c1-3-5-12-17(4-2)20(18-13-8-6-9-14-18)23(21,22)19-15-10-7-11-16-19;1-2/h4-16H,3H2,1-2H3;1-2H/b12-5-,17-4+;. The molecule has 2 aromatic carbocycles. The summed E-state index contributed by atoms with van der Waals surface area (Å²) < 4.78 is 27.7. The molecule has 0 spiro atoms. The minimum absolute atomic E-state index is 0.271. The SMILES string of the molecule is C#C.C/C=C(\C=C/CC)N(c1ccccc1)S(=O)(=O)c1ccccc1. The summed E-state index contributed by atoms with van der Waals surface area (Å²) in [6, 6.07) is 17.6. The molecule has 130 valence electrons. The normalized spacial score (nSPS) is 11.6. The number of nitrogens with zero attached hydrogens (tertiary/aromatic N) is 1. The number of sulfonamides is 1. The zero-order valence-electron chi connectivity index (χ0n) is 14.5. The number of rotatable bonds is 6. The van der Waals surface area contributed by atoms with E-state index in [9.17, 15) is 8.42 Å². The van der Waals surface area contributed by atoms with Crippen molar-refractivity contribution in [2.24, 2.45) is 0 Å². The number of terminal acetylenes is 1. The first-order valence-electron chi connectivity index (χ1n) is 7.93. The molecule has 0 radical (unpaired) electrons. The lowest BCUT2D eigenvalue weighted by Gasteiger charge is -2.25. The molecule has 2 aromatic rings. The van der Waals surface area contributed by atoms with Crippen molar-refractivity contribution < 1.29 is 8.42 Å². The van der Waals surface area contributed by atoms with Gasteiger partial charge in [-0.2, -0.15) is 0 Å². The zero-order valence-corrected chi connectivity index (χ0v) is 15.4. The lowest BCUT2D eigenvalue weighted by molar-refractivity contribution is 0.595. The van der Waals surface area contributed by atoms with Crippen molar-refractivity contribution in [2.45, 2.75) is 25.2 Å². The molecular weight excluding hydrogens is 330 g/mol. The van der Waals surface area contributed by atoms with Gasteiger partial charge in [-0.15, -0.1) is 12.8 Å². The van der Waals surface area contributed by atoms with Gasteiger partial charge in [-0.3, -0.25) is 0 Å². The molecule has 0 aliphatic carbocycles. The largest absolute Gasteiger partial charge is 0.268 e. The van der Waals surface area contributed by atoms with Gasteiger partial charge >= 0.3 is 0 Å². The molecule has 0 saturated carbocycles. The van der Waals surface area contributed by atoms with E-state index < -0.39 is 10.0 Å². The maximum Gasteiger partial charge on any atom is 0.268 e. The summed E-state index contributed by atoms with van der Waals surface area (Å²) in [6.07, 6.45) is 14.4. The molecular formula is C21H23NO2S. The molecule has 3 nitrogen and oxygen atoms in total. The number of anilines is 1. The predicted molar refractivity (Wildman–Crippen MR) is 106 cm³/mol. The monoisotopic (exact) mass is 353 g/mol. The van der Waals surface area contributed by atoms with Crippen LogP contribution in [0.5, 0.6) is 0 Å². The first kappa shape index (κ1) is 20.3. The van der Waals surface area contributed by atoms with Gasteiger partial charge in [0.2, 0.25) is 0 Å². The van der Waals surface area contributed by atoms with Crippen LogP contribution in [0.4, 0.5) is 5.69 Å². The van der Waals surface area contributed by atoms with Gasteiger partial charge in [-0.1, -0.05) is 55.5 Å². The molecule has 4 heteroatoms. The Labute approximate surface area is 151 Å². The average molecular weight is 353 g/mol. The van der Waals surface area contributed by atoms with Crippen LogP contribution in [0.1, 0.15) is 20.3 Å². The van der Waals surface area contributed by atoms with Crippen LogP contribution in [-0.4, -0.2) is 8.42 Å². The highest BCUT2D eigenvalue weighted by atomic mass is 32.2. The van der Waals surface area contributed by atoms with E-state index in [2.05, 4.69) is 12.8 Å². The fraction of sp³-hybridized carbons (Fsp3) is 0.143. The van der Waals surface area contributed by atoms with Gasteiger partial charge in [0.15, 0.2) is 0 Å². The molecule has 0 atom stereocenters. The van der Waals surface area contributed by atoms with Gasteiger partial charge in [0.05, 0.1) is 16.3 Å². The summed E-state index contributed by atoms with van der Waals surface area (Å²) >= 11 is 0. The van der Waals surface area contributed by atoms with Crippen LogP contribution < -0.4 is 4.31 Å². The third-order valence-corrected chi connectivity index (χ3v) is 5.10. The van der Waals surface area contributed by atoms with E-state index in [0.717, 1.165) is 6.42 Å². The van der Waals surface area contributed by atoms with Gasteiger partial charge < -0.3 is 0 Å². The Morgan fingerprint density at radius 2 is 1.52 bits per heavy atom. The minimum Gasteiger partial charge on any atom is -0.235 e. The molecule has 0 unspecified atom stereocenters. The fourth-order valence-corrected chi connectivity index (χ4v) is 3.76. The van der Waals surface area contributed by atoms with Crippen molar-refractivity contribution in [3.63, 3.8) is 0 Å². The summed E-state index contributed by atoms with van der Waals surface area (Å²) in [5, 5.41) is 0. The van der Waals surface area contributed by atoms with E-state index in [0.29, 0.717) is 11.4 Å². The Balaban J connectivity index is 0.00000151. The molecule has 0 amide bonds. The Hall–Kier alpha value is -2.77. The first-order chi connectivity index (χ1) is 12.1. The summed E-state index contributed by atoms with van der Waals surface area (Å²) in [6.45, 7) is 3.86. The molecule has 0 saturated heterocycles. The Morgan fingerprint density at radius 1 is 1.00 bits per heavy atom. The molecule has 2 rings (SSSR count). The number of hydrogen-bond donors (Lipinski definition) is 0. The van der Waals surface area contributed by atoms with E-state index in [1.165, 1.54) is 4.31 Å². The van der Waals surface area contributed by atoms with Crippen LogP contribution >= 0.6 is 0 Å². The summed E-state index contributed by atoms with van der Waals surface area (Å²) in [4.78, 5) is 0.271. The molecule has 25 heavy (non-hydrogen) atoms. The summed E-state index contributed by atoms with van der Waals surface area (Å²) in [7, 11) is -3.68. The van der Waals surface area contributed by atoms with E-state index in [1.54, 1.807) is 48.5 Å². The van der Waals surface area contributed by atoms with Crippen LogP contribution in [-0.2, 0) is 10.0 Å². The van der Waals surface area contributed by atoms with Gasteiger partial charge in [0.1, 0.15) is 0 Å². The second kappa shape index (κ2) is 10.2. The Morgan fingerprint density at radius 3 is 2.00 bits per heavy atom. The van der Waals surface area contributed by atoms with E-state index in [1.807, 2.05) is 44.2 Å². The maximum absolute atomic E-state index is 13.1. The van der Waals surface area contributed by atoms with E-state index >= 15 is 0 Å². The van der Waals surface area contributed by atoms with Crippen molar-refractivity contribution in [3.8, 4) is 12.8 Å². The Kier molecular flexibility index (Phi) is 8.25. The molecule has 0 bridgehead atoms.